The second-order valence-electron chi connectivity index (χ2n) is 3.33. The van der Waals surface area contributed by atoms with Crippen LogP contribution in [0.25, 0.3) is 17.0 Å². The minimum Gasteiger partial charge on any atom is -0.347 e. The van der Waals surface area contributed by atoms with E-state index >= 15 is 0 Å². The number of aryl methyl sites for hydroxylation is 2. The third kappa shape index (κ3) is 1.08. The van der Waals surface area contributed by atoms with E-state index in [9.17, 15) is 0 Å². The van der Waals surface area contributed by atoms with E-state index in [1.165, 1.54) is 22.2 Å². The summed E-state index contributed by atoms with van der Waals surface area (Å²) >= 11 is 0. The first-order valence-corrected chi connectivity index (χ1v) is 4.41. The Balaban J connectivity index is 2.94. The standard InChI is InChI=1S/C12H13N/c1-4-10-6-5-7-11-8-9(2)13(3)12(10)11/h4-8H,1H2,2-3H3. The fraction of sp³-hybridized carbons (Fsp3) is 0.167. The minimum absolute atomic E-state index is 1.20. The number of benzene rings is 1. The smallest absolute Gasteiger partial charge is 0.0553 e. The van der Waals surface area contributed by atoms with Gasteiger partial charge in [-0.3, -0.25) is 0 Å². The number of para-hydroxylation sites is 1. The molecule has 1 heterocycles. The van der Waals surface area contributed by atoms with Crippen LogP contribution in [0.15, 0.2) is 30.8 Å². The molecule has 0 aliphatic heterocycles. The van der Waals surface area contributed by atoms with Crippen LogP contribution in [-0.4, -0.2) is 4.57 Å². The van der Waals surface area contributed by atoms with Crippen LogP contribution in [0.2, 0.25) is 0 Å². The first-order valence-electron chi connectivity index (χ1n) is 4.41. The molecule has 0 spiro atoms. The fourth-order valence-electron chi connectivity index (χ4n) is 1.75. The van der Waals surface area contributed by atoms with Crippen LogP contribution in [0.1, 0.15) is 11.3 Å². The highest BCUT2D eigenvalue weighted by Gasteiger charge is 2.03. The zero-order chi connectivity index (χ0) is 9.42. The van der Waals surface area contributed by atoms with Crippen LogP contribution in [0, 0.1) is 6.92 Å². The SMILES string of the molecule is C=Cc1cccc2cc(C)n(C)c12. The molecule has 0 amide bonds. The van der Waals surface area contributed by atoms with E-state index in [0.29, 0.717) is 0 Å². The number of hydrogen-bond acceptors (Lipinski definition) is 0. The molecular formula is C12H13N. The highest BCUT2D eigenvalue weighted by atomic mass is 14.9. The first-order chi connectivity index (χ1) is 6.24. The Morgan fingerprint density at radius 3 is 2.85 bits per heavy atom. The molecule has 0 saturated carbocycles. The Hall–Kier alpha value is -1.50. The third-order valence-corrected chi connectivity index (χ3v) is 2.55. The largest absolute Gasteiger partial charge is 0.347 e. The summed E-state index contributed by atoms with van der Waals surface area (Å²) < 4.78 is 2.20. The van der Waals surface area contributed by atoms with Crippen LogP contribution in [0.4, 0.5) is 0 Å². The Bertz CT molecular complexity index is 463. The molecule has 0 atom stereocenters. The zero-order valence-electron chi connectivity index (χ0n) is 8.04. The van der Waals surface area contributed by atoms with Crippen molar-refractivity contribution >= 4 is 17.0 Å². The Morgan fingerprint density at radius 2 is 2.15 bits per heavy atom. The van der Waals surface area contributed by atoms with E-state index in [1.807, 2.05) is 6.08 Å². The summed E-state index contributed by atoms with van der Waals surface area (Å²) in [4.78, 5) is 0. The van der Waals surface area contributed by atoms with Gasteiger partial charge in [-0.15, -0.1) is 0 Å². The lowest BCUT2D eigenvalue weighted by atomic mass is 10.1. The Labute approximate surface area is 78.3 Å². The van der Waals surface area contributed by atoms with Gasteiger partial charge in [0, 0.05) is 18.1 Å². The number of aromatic nitrogens is 1. The molecule has 0 saturated heterocycles. The molecule has 66 valence electrons. The predicted molar refractivity (Wildman–Crippen MR) is 57.7 cm³/mol. The van der Waals surface area contributed by atoms with Crippen molar-refractivity contribution in [1.29, 1.82) is 0 Å². The number of fused-ring (bicyclic) bond motifs is 1. The van der Waals surface area contributed by atoms with Gasteiger partial charge in [-0.25, -0.2) is 0 Å². The van der Waals surface area contributed by atoms with Gasteiger partial charge < -0.3 is 4.57 Å². The molecule has 0 unspecified atom stereocenters. The van der Waals surface area contributed by atoms with Gasteiger partial charge in [-0.2, -0.15) is 0 Å². The normalized spacial score (nSPS) is 10.6. The van der Waals surface area contributed by atoms with Crippen molar-refractivity contribution in [2.24, 2.45) is 7.05 Å². The predicted octanol–water partition coefficient (Wildman–Crippen LogP) is 3.13. The minimum atomic E-state index is 1.20. The maximum atomic E-state index is 3.82. The quantitative estimate of drug-likeness (QED) is 0.621. The number of hydrogen-bond donors (Lipinski definition) is 0. The lowest BCUT2D eigenvalue weighted by molar-refractivity contribution is 0.917. The van der Waals surface area contributed by atoms with E-state index in [-0.39, 0.29) is 0 Å². The zero-order valence-corrected chi connectivity index (χ0v) is 8.04. The summed E-state index contributed by atoms with van der Waals surface area (Å²) in [6, 6.07) is 8.49. The molecule has 2 rings (SSSR count). The van der Waals surface area contributed by atoms with Gasteiger partial charge in [-0.1, -0.05) is 30.9 Å². The van der Waals surface area contributed by atoms with Crippen LogP contribution >= 0.6 is 0 Å². The first kappa shape index (κ1) is 8.11. The summed E-state index contributed by atoms with van der Waals surface area (Å²) in [5, 5.41) is 1.29. The van der Waals surface area contributed by atoms with Crippen molar-refractivity contribution in [1.82, 2.24) is 4.57 Å². The average molecular weight is 171 g/mol. The lowest BCUT2D eigenvalue weighted by Gasteiger charge is -2.02. The summed E-state index contributed by atoms with van der Waals surface area (Å²) in [5.74, 6) is 0. The van der Waals surface area contributed by atoms with E-state index in [1.54, 1.807) is 0 Å². The van der Waals surface area contributed by atoms with Gasteiger partial charge in [0.05, 0.1) is 5.52 Å². The number of rotatable bonds is 1. The van der Waals surface area contributed by atoms with E-state index < -0.39 is 0 Å². The lowest BCUT2D eigenvalue weighted by Crippen LogP contribution is -1.91. The van der Waals surface area contributed by atoms with Crippen molar-refractivity contribution in [3.8, 4) is 0 Å². The van der Waals surface area contributed by atoms with Crippen LogP contribution in [-0.2, 0) is 7.05 Å². The molecule has 1 heteroatoms. The summed E-state index contributed by atoms with van der Waals surface area (Å²) in [7, 11) is 2.09. The van der Waals surface area contributed by atoms with Gasteiger partial charge in [-0.05, 0) is 18.6 Å². The van der Waals surface area contributed by atoms with Gasteiger partial charge in [0.15, 0.2) is 0 Å². The molecular weight excluding hydrogens is 158 g/mol. The third-order valence-electron chi connectivity index (χ3n) is 2.55. The molecule has 0 aliphatic rings. The van der Waals surface area contributed by atoms with E-state index in [2.05, 4.69) is 49.4 Å². The maximum Gasteiger partial charge on any atom is 0.0553 e. The van der Waals surface area contributed by atoms with Crippen molar-refractivity contribution in [2.45, 2.75) is 6.92 Å². The summed E-state index contributed by atoms with van der Waals surface area (Å²) in [6.07, 6.45) is 1.90. The summed E-state index contributed by atoms with van der Waals surface area (Å²) in [5.41, 5.74) is 3.76. The van der Waals surface area contributed by atoms with Crippen molar-refractivity contribution in [3.05, 3.63) is 42.1 Å². The van der Waals surface area contributed by atoms with Crippen molar-refractivity contribution in [2.75, 3.05) is 0 Å². The summed E-state index contributed by atoms with van der Waals surface area (Å²) in [6.45, 7) is 5.94. The fourth-order valence-corrected chi connectivity index (χ4v) is 1.75. The molecule has 1 aromatic carbocycles. The topological polar surface area (TPSA) is 4.93 Å². The van der Waals surface area contributed by atoms with Crippen LogP contribution in [0.3, 0.4) is 0 Å². The molecule has 1 nitrogen and oxygen atoms in total. The van der Waals surface area contributed by atoms with Gasteiger partial charge >= 0.3 is 0 Å². The second kappa shape index (κ2) is 2.77. The molecule has 13 heavy (non-hydrogen) atoms. The van der Waals surface area contributed by atoms with Gasteiger partial charge in [0.1, 0.15) is 0 Å². The molecule has 0 N–H and O–H groups in total. The maximum absolute atomic E-state index is 3.82. The van der Waals surface area contributed by atoms with Gasteiger partial charge in [0.25, 0.3) is 0 Å². The van der Waals surface area contributed by atoms with Crippen molar-refractivity contribution in [3.63, 3.8) is 0 Å². The van der Waals surface area contributed by atoms with E-state index in [0.717, 1.165) is 0 Å². The Kier molecular flexibility index (Phi) is 1.73. The monoisotopic (exact) mass is 171 g/mol. The molecule has 0 aliphatic carbocycles. The average Bonchev–Trinajstić information content (AvgIpc) is 2.43. The Morgan fingerprint density at radius 1 is 1.38 bits per heavy atom. The second-order valence-corrected chi connectivity index (χ2v) is 3.33. The highest BCUT2D eigenvalue weighted by molar-refractivity contribution is 5.88. The van der Waals surface area contributed by atoms with Crippen LogP contribution in [0.5, 0.6) is 0 Å². The van der Waals surface area contributed by atoms with E-state index in [4.69, 9.17) is 0 Å². The number of nitrogens with zero attached hydrogens (tertiary/aromatic N) is 1. The molecule has 2 aromatic rings. The highest BCUT2D eigenvalue weighted by Crippen LogP contribution is 2.22. The van der Waals surface area contributed by atoms with Crippen LogP contribution < -0.4 is 0 Å². The molecule has 0 fully saturated rings. The van der Waals surface area contributed by atoms with Crippen molar-refractivity contribution < 1.29 is 0 Å². The molecule has 1 aromatic heterocycles. The molecule has 0 bridgehead atoms. The molecule has 0 radical (unpaired) electrons. The van der Waals surface area contributed by atoms with Gasteiger partial charge in [0.2, 0.25) is 0 Å².